The van der Waals surface area contributed by atoms with Crippen molar-refractivity contribution in [1.29, 1.82) is 0 Å². The molecule has 0 saturated carbocycles. The lowest BCUT2D eigenvalue weighted by Gasteiger charge is -2.17. The third-order valence-electron chi connectivity index (χ3n) is 4.95. The Hall–Kier alpha value is -2.46. The fourth-order valence-corrected chi connectivity index (χ4v) is 6.21. The zero-order valence-electron chi connectivity index (χ0n) is 16.7. The summed E-state index contributed by atoms with van der Waals surface area (Å²) in [6.07, 6.45) is 1.65. The number of sulfonamides is 1. The molecule has 1 N–H and O–H groups in total. The van der Waals surface area contributed by atoms with Crippen LogP contribution >= 0.6 is 22.9 Å². The van der Waals surface area contributed by atoms with Gasteiger partial charge < -0.3 is 10.1 Å². The van der Waals surface area contributed by atoms with E-state index in [1.807, 2.05) is 24.3 Å². The zero-order chi connectivity index (χ0) is 22.0. The van der Waals surface area contributed by atoms with E-state index in [1.165, 1.54) is 27.8 Å². The van der Waals surface area contributed by atoms with Crippen LogP contribution in [0.3, 0.4) is 0 Å². The predicted octanol–water partition coefficient (Wildman–Crippen LogP) is 4.51. The van der Waals surface area contributed by atoms with Crippen LogP contribution in [0.1, 0.15) is 23.3 Å². The van der Waals surface area contributed by atoms with E-state index in [4.69, 9.17) is 16.3 Å². The van der Waals surface area contributed by atoms with Gasteiger partial charge in [0.1, 0.15) is 21.3 Å². The summed E-state index contributed by atoms with van der Waals surface area (Å²) in [5, 5.41) is 5.13. The van der Waals surface area contributed by atoms with E-state index in [2.05, 4.69) is 10.3 Å². The summed E-state index contributed by atoms with van der Waals surface area (Å²) in [4.78, 5) is 17.1. The lowest BCUT2D eigenvalue weighted by molar-refractivity contribution is 0.102. The quantitative estimate of drug-likeness (QED) is 0.564. The molecule has 1 aliphatic rings. The number of aromatic nitrogens is 1. The molecule has 2 aromatic carbocycles. The highest BCUT2D eigenvalue weighted by molar-refractivity contribution is 7.89. The molecule has 1 aliphatic heterocycles. The SMILES string of the molecule is COc1ccccc1-c1nc(C(=O)Nc2ccc(Cl)c(S(=O)(=O)N3CCCC3)c2)cs1. The third kappa shape index (κ3) is 4.45. The monoisotopic (exact) mass is 477 g/mol. The van der Waals surface area contributed by atoms with Crippen molar-refractivity contribution in [3.8, 4) is 16.3 Å². The van der Waals surface area contributed by atoms with E-state index in [9.17, 15) is 13.2 Å². The summed E-state index contributed by atoms with van der Waals surface area (Å²) in [7, 11) is -2.13. The molecule has 4 rings (SSSR count). The minimum atomic E-state index is -3.71. The highest BCUT2D eigenvalue weighted by Crippen LogP contribution is 2.33. The summed E-state index contributed by atoms with van der Waals surface area (Å²) in [5.41, 5.74) is 1.35. The summed E-state index contributed by atoms with van der Waals surface area (Å²) in [6, 6.07) is 11.9. The first-order valence-corrected chi connectivity index (χ1v) is 12.3. The first-order valence-electron chi connectivity index (χ1n) is 9.60. The van der Waals surface area contributed by atoms with Gasteiger partial charge in [-0.2, -0.15) is 4.31 Å². The number of ether oxygens (including phenoxy) is 1. The second-order valence-electron chi connectivity index (χ2n) is 6.95. The van der Waals surface area contributed by atoms with Crippen molar-refractivity contribution in [3.05, 3.63) is 58.6 Å². The Morgan fingerprint density at radius 3 is 2.68 bits per heavy atom. The second kappa shape index (κ2) is 8.96. The fraction of sp³-hybridized carbons (Fsp3) is 0.238. The van der Waals surface area contributed by atoms with Gasteiger partial charge in [0.15, 0.2) is 0 Å². The third-order valence-corrected chi connectivity index (χ3v) is 8.20. The van der Waals surface area contributed by atoms with Crippen molar-refractivity contribution in [2.24, 2.45) is 0 Å². The number of nitrogens with one attached hydrogen (secondary N) is 1. The molecule has 1 aromatic heterocycles. The van der Waals surface area contributed by atoms with Crippen molar-refractivity contribution in [2.45, 2.75) is 17.7 Å². The van der Waals surface area contributed by atoms with Crippen LogP contribution in [-0.4, -0.2) is 43.8 Å². The van der Waals surface area contributed by atoms with Gasteiger partial charge in [-0.15, -0.1) is 11.3 Å². The van der Waals surface area contributed by atoms with Crippen molar-refractivity contribution in [1.82, 2.24) is 9.29 Å². The van der Waals surface area contributed by atoms with Crippen LogP contribution in [0.15, 0.2) is 52.7 Å². The van der Waals surface area contributed by atoms with Gasteiger partial charge in [0.05, 0.1) is 17.7 Å². The van der Waals surface area contributed by atoms with Gasteiger partial charge in [0, 0.05) is 24.2 Å². The zero-order valence-corrected chi connectivity index (χ0v) is 19.1. The lowest BCUT2D eigenvalue weighted by Crippen LogP contribution is -2.28. The number of para-hydroxylation sites is 1. The smallest absolute Gasteiger partial charge is 0.275 e. The van der Waals surface area contributed by atoms with E-state index in [0.717, 1.165) is 18.4 Å². The molecule has 0 radical (unpaired) electrons. The molecule has 0 aliphatic carbocycles. The van der Waals surface area contributed by atoms with Crippen molar-refractivity contribution < 1.29 is 17.9 Å². The molecule has 162 valence electrons. The number of carbonyl (C=O) groups excluding carboxylic acids is 1. The molecule has 1 saturated heterocycles. The number of hydrogen-bond donors (Lipinski definition) is 1. The number of anilines is 1. The molecule has 1 fully saturated rings. The summed E-state index contributed by atoms with van der Waals surface area (Å²) in [6.45, 7) is 0.944. The molecule has 10 heteroatoms. The van der Waals surface area contributed by atoms with Gasteiger partial charge in [-0.3, -0.25) is 4.79 Å². The highest BCUT2D eigenvalue weighted by atomic mass is 35.5. The Morgan fingerprint density at radius 2 is 1.94 bits per heavy atom. The number of nitrogens with zero attached hydrogens (tertiary/aromatic N) is 2. The van der Waals surface area contributed by atoms with Gasteiger partial charge in [0.2, 0.25) is 10.0 Å². The largest absolute Gasteiger partial charge is 0.496 e. The van der Waals surface area contributed by atoms with E-state index in [-0.39, 0.29) is 15.6 Å². The van der Waals surface area contributed by atoms with E-state index < -0.39 is 15.9 Å². The van der Waals surface area contributed by atoms with Gasteiger partial charge >= 0.3 is 0 Å². The number of benzene rings is 2. The Balaban J connectivity index is 1.56. The molecular formula is C21H20ClN3O4S2. The highest BCUT2D eigenvalue weighted by Gasteiger charge is 2.29. The van der Waals surface area contributed by atoms with Gasteiger partial charge in [-0.1, -0.05) is 23.7 Å². The second-order valence-corrected chi connectivity index (χ2v) is 10.1. The maximum absolute atomic E-state index is 12.9. The van der Waals surface area contributed by atoms with E-state index in [1.54, 1.807) is 18.6 Å². The van der Waals surface area contributed by atoms with Crippen molar-refractivity contribution >= 4 is 44.6 Å². The molecule has 31 heavy (non-hydrogen) atoms. The van der Waals surface area contributed by atoms with E-state index >= 15 is 0 Å². The Kier molecular flexibility index (Phi) is 6.29. The molecule has 2 heterocycles. The Morgan fingerprint density at radius 1 is 1.19 bits per heavy atom. The first kappa shape index (κ1) is 21.8. The average molecular weight is 478 g/mol. The fourth-order valence-electron chi connectivity index (χ4n) is 3.36. The first-order chi connectivity index (χ1) is 14.9. The number of hydrogen-bond acceptors (Lipinski definition) is 6. The van der Waals surface area contributed by atoms with Crippen molar-refractivity contribution in [2.75, 3.05) is 25.5 Å². The molecule has 0 bridgehead atoms. The van der Waals surface area contributed by atoms with Crippen LogP contribution in [0.2, 0.25) is 5.02 Å². The summed E-state index contributed by atoms with van der Waals surface area (Å²) < 4.78 is 32.6. The molecule has 0 unspecified atom stereocenters. The van der Waals surface area contributed by atoms with Crippen LogP contribution in [0.5, 0.6) is 5.75 Å². The van der Waals surface area contributed by atoms with Gasteiger partial charge in [0.25, 0.3) is 5.91 Å². The number of rotatable bonds is 6. The maximum atomic E-state index is 12.9. The Labute approximate surface area is 189 Å². The van der Waals surface area contributed by atoms with Crippen LogP contribution < -0.4 is 10.1 Å². The predicted molar refractivity (Wildman–Crippen MR) is 122 cm³/mol. The van der Waals surface area contributed by atoms with Crippen LogP contribution in [0, 0.1) is 0 Å². The lowest BCUT2D eigenvalue weighted by atomic mass is 10.2. The molecule has 7 nitrogen and oxygen atoms in total. The number of halogens is 1. The number of methoxy groups -OCH3 is 1. The number of amides is 1. The topological polar surface area (TPSA) is 88.6 Å². The molecule has 0 atom stereocenters. The minimum absolute atomic E-state index is 0.0122. The minimum Gasteiger partial charge on any atom is -0.496 e. The molecule has 1 amide bonds. The number of carbonyl (C=O) groups is 1. The van der Waals surface area contributed by atoms with Crippen LogP contribution in [0.25, 0.3) is 10.6 Å². The maximum Gasteiger partial charge on any atom is 0.275 e. The molecular weight excluding hydrogens is 458 g/mol. The average Bonchev–Trinajstić information content (AvgIpc) is 3.47. The van der Waals surface area contributed by atoms with Crippen molar-refractivity contribution in [3.63, 3.8) is 0 Å². The summed E-state index contributed by atoms with van der Waals surface area (Å²) in [5.74, 6) is 0.225. The molecule has 3 aromatic rings. The van der Waals surface area contributed by atoms with Crippen LogP contribution in [0.4, 0.5) is 5.69 Å². The molecule has 0 spiro atoms. The van der Waals surface area contributed by atoms with Gasteiger partial charge in [-0.25, -0.2) is 13.4 Å². The standard InChI is InChI=1S/C21H20ClN3O4S2/c1-29-18-7-3-2-6-15(18)21-24-17(13-30-21)20(26)23-14-8-9-16(22)19(12-14)31(27,28)25-10-4-5-11-25/h2-3,6-9,12-13H,4-5,10-11H2,1H3,(H,23,26). The summed E-state index contributed by atoms with van der Waals surface area (Å²) >= 11 is 7.49. The van der Waals surface area contributed by atoms with E-state index in [0.29, 0.717) is 29.5 Å². The van der Waals surface area contributed by atoms with Gasteiger partial charge in [-0.05, 0) is 43.2 Å². The Bertz CT molecular complexity index is 1220. The number of thiazole rings is 1. The van der Waals surface area contributed by atoms with Crippen LogP contribution in [-0.2, 0) is 10.0 Å². The normalized spacial score (nSPS) is 14.5.